The molecule has 232 valence electrons. The number of nitrogens with zero attached hydrogens (tertiary/aromatic N) is 2. The maximum absolute atomic E-state index is 14.6. The van der Waals surface area contributed by atoms with Crippen molar-refractivity contribution in [2.24, 2.45) is 40.4 Å². The Kier molecular flexibility index (Phi) is 6.88. The lowest BCUT2D eigenvalue weighted by Crippen LogP contribution is -2.60. The predicted octanol–water partition coefficient (Wildman–Crippen LogP) is 5.23. The molecule has 1 saturated heterocycles. The minimum Gasteiger partial charge on any atom is -0.458 e. The van der Waals surface area contributed by atoms with E-state index in [1.807, 2.05) is 37.2 Å². The van der Waals surface area contributed by atoms with Crippen LogP contribution in [0.25, 0.3) is 5.57 Å². The molecule has 1 aromatic rings. The summed E-state index contributed by atoms with van der Waals surface area (Å²) < 4.78 is 12.6. The van der Waals surface area contributed by atoms with Gasteiger partial charge in [0.05, 0.1) is 22.8 Å². The van der Waals surface area contributed by atoms with Crippen LogP contribution >= 0.6 is 0 Å². The van der Waals surface area contributed by atoms with Crippen molar-refractivity contribution in [3.05, 3.63) is 47.3 Å². The molecule has 4 aliphatic carbocycles. The van der Waals surface area contributed by atoms with Crippen LogP contribution < -0.4 is 0 Å². The number of carbonyl (C=O) groups is 2. The van der Waals surface area contributed by atoms with Crippen molar-refractivity contribution in [1.29, 1.82) is 0 Å². The van der Waals surface area contributed by atoms with Gasteiger partial charge >= 0.3 is 5.97 Å². The van der Waals surface area contributed by atoms with Crippen LogP contribution in [0.1, 0.15) is 78.3 Å². The van der Waals surface area contributed by atoms with Gasteiger partial charge in [0.15, 0.2) is 5.78 Å². The van der Waals surface area contributed by atoms with Gasteiger partial charge in [-0.05, 0) is 120 Å². The van der Waals surface area contributed by atoms with E-state index in [1.165, 1.54) is 0 Å². The summed E-state index contributed by atoms with van der Waals surface area (Å²) in [6.07, 6.45) is 9.42. The van der Waals surface area contributed by atoms with Gasteiger partial charge in [-0.1, -0.05) is 25.5 Å². The Hall–Kier alpha value is -2.35. The van der Waals surface area contributed by atoms with Gasteiger partial charge in [-0.3, -0.25) is 9.78 Å². The van der Waals surface area contributed by atoms with Crippen LogP contribution in [0.5, 0.6) is 0 Å². The Labute approximate surface area is 256 Å². The number of fused-ring (bicyclic) bond motifs is 4. The number of aliphatic hydroxyl groups excluding tert-OH is 1. The van der Waals surface area contributed by atoms with Crippen LogP contribution in [0.3, 0.4) is 0 Å². The Morgan fingerprint density at radius 2 is 1.88 bits per heavy atom. The molecule has 0 unspecified atom stereocenters. The third-order valence-electron chi connectivity index (χ3n) is 13.2. The van der Waals surface area contributed by atoms with Gasteiger partial charge in [0.2, 0.25) is 0 Å². The highest BCUT2D eigenvalue weighted by molar-refractivity contribution is 6.24. The maximum atomic E-state index is 14.6. The zero-order valence-corrected chi connectivity index (χ0v) is 26.6. The molecule has 43 heavy (non-hydrogen) atoms. The third kappa shape index (κ3) is 4.06. The number of hydrogen-bond donors (Lipinski definition) is 1. The average Bonchev–Trinajstić information content (AvgIpc) is 3.63. The van der Waals surface area contributed by atoms with Crippen LogP contribution in [-0.4, -0.2) is 71.3 Å². The molecule has 3 heterocycles. The Morgan fingerprint density at radius 3 is 2.58 bits per heavy atom. The molecule has 1 spiro atoms. The number of allylic oxidation sites excluding steroid dienone is 1. The fraction of sp³-hybridized carbons (Fsp3) is 0.694. The molecule has 3 saturated carbocycles. The first-order valence-electron chi connectivity index (χ1n) is 16.5. The molecule has 4 fully saturated rings. The Morgan fingerprint density at radius 1 is 1.09 bits per heavy atom. The van der Waals surface area contributed by atoms with Gasteiger partial charge in [-0.25, -0.2) is 4.79 Å². The summed E-state index contributed by atoms with van der Waals surface area (Å²) in [7, 11) is 3.97. The summed E-state index contributed by atoms with van der Waals surface area (Å²) in [6, 6.07) is 5.63. The van der Waals surface area contributed by atoms with Crippen molar-refractivity contribution in [1.82, 2.24) is 9.88 Å². The number of rotatable bonds is 5. The molecule has 7 rings (SSSR count). The van der Waals surface area contributed by atoms with Gasteiger partial charge in [0.1, 0.15) is 17.8 Å². The summed E-state index contributed by atoms with van der Waals surface area (Å²) in [5.41, 5.74) is 1.65. The highest BCUT2D eigenvalue weighted by Crippen LogP contribution is 2.72. The number of likely N-dealkylation sites (N-methyl/N-ethyl adjacent to an activating group) is 1. The first-order chi connectivity index (χ1) is 20.4. The summed E-state index contributed by atoms with van der Waals surface area (Å²) >= 11 is 0. The molecule has 7 heteroatoms. The molecular weight excluding hydrogens is 540 g/mol. The second-order valence-corrected chi connectivity index (χ2v) is 15.4. The third-order valence-corrected chi connectivity index (χ3v) is 13.2. The van der Waals surface area contributed by atoms with Gasteiger partial charge < -0.3 is 19.5 Å². The van der Waals surface area contributed by atoms with E-state index in [2.05, 4.69) is 32.7 Å². The number of hydrogen-bond acceptors (Lipinski definition) is 7. The van der Waals surface area contributed by atoms with Gasteiger partial charge in [0, 0.05) is 24.7 Å². The summed E-state index contributed by atoms with van der Waals surface area (Å²) in [6.45, 7) is 9.63. The molecule has 0 radical (unpaired) electrons. The number of epoxide rings is 1. The van der Waals surface area contributed by atoms with Gasteiger partial charge in [-0.2, -0.15) is 0 Å². The number of pyridine rings is 1. The van der Waals surface area contributed by atoms with Crippen molar-refractivity contribution in [3.8, 4) is 0 Å². The zero-order valence-electron chi connectivity index (χ0n) is 26.6. The lowest BCUT2D eigenvalue weighted by molar-refractivity contribution is -0.153. The molecular formula is C36H48N2O5. The van der Waals surface area contributed by atoms with E-state index in [0.29, 0.717) is 35.6 Å². The number of ether oxygens (including phenoxy) is 2. The molecule has 6 aliphatic rings. The topological polar surface area (TPSA) is 92.3 Å². The fourth-order valence-corrected chi connectivity index (χ4v) is 11.1. The van der Waals surface area contributed by atoms with E-state index in [1.54, 1.807) is 12.3 Å². The lowest BCUT2D eigenvalue weighted by Gasteiger charge is -2.56. The van der Waals surface area contributed by atoms with Crippen LogP contribution in [0, 0.1) is 40.4 Å². The molecule has 1 aromatic heterocycles. The number of cyclic esters (lactones) is 1. The van der Waals surface area contributed by atoms with E-state index >= 15 is 0 Å². The largest absolute Gasteiger partial charge is 0.458 e. The van der Waals surface area contributed by atoms with E-state index in [-0.39, 0.29) is 41.2 Å². The molecule has 1 N–H and O–H groups in total. The number of esters is 1. The molecule has 7 nitrogen and oxygen atoms in total. The number of aromatic nitrogens is 1. The number of Topliss-reactive ketones (excluding diaryl/α,β-unsaturated/α-hetero) is 1. The standard InChI is InChI=1S/C36H48N2O5/c1-20-17-29(42-33(41)24(20)19-38(5)6)21(2)25-11-12-26-22-10-13-31-36(43-31)30(39)18-23(28-9-7-8-16-37-28)32(40)35(36,4)27(22)14-15-34(25,26)3/h7-9,16,18,21-22,25-27,29-31,39H,10-15,17,19H2,1-6H3/t21-,22+,25+,26-,27-,29+,30-,31+,34+,35-,36+/m0/s1. The van der Waals surface area contributed by atoms with Crippen LogP contribution in [0.4, 0.5) is 0 Å². The molecule has 2 aliphatic heterocycles. The quantitative estimate of drug-likeness (QED) is 0.372. The summed E-state index contributed by atoms with van der Waals surface area (Å²) in [4.78, 5) is 34.2. The minimum absolute atomic E-state index is 0.0845. The van der Waals surface area contributed by atoms with Crippen LogP contribution in [-0.2, 0) is 19.1 Å². The van der Waals surface area contributed by atoms with Crippen molar-refractivity contribution >= 4 is 17.3 Å². The minimum atomic E-state index is -0.828. The van der Waals surface area contributed by atoms with Gasteiger partial charge in [-0.15, -0.1) is 0 Å². The Bertz CT molecular complexity index is 1390. The van der Waals surface area contributed by atoms with E-state index in [9.17, 15) is 14.7 Å². The average molecular weight is 589 g/mol. The zero-order chi connectivity index (χ0) is 30.5. The van der Waals surface area contributed by atoms with E-state index in [0.717, 1.165) is 56.1 Å². The van der Waals surface area contributed by atoms with Crippen LogP contribution in [0.2, 0.25) is 0 Å². The first kappa shape index (κ1) is 29.4. The first-order valence-corrected chi connectivity index (χ1v) is 16.5. The molecule has 0 aromatic carbocycles. The highest BCUT2D eigenvalue weighted by atomic mass is 16.6. The van der Waals surface area contributed by atoms with Gasteiger partial charge in [0.25, 0.3) is 0 Å². The predicted molar refractivity (Wildman–Crippen MR) is 164 cm³/mol. The van der Waals surface area contributed by atoms with Crippen molar-refractivity contribution in [3.63, 3.8) is 0 Å². The number of carbonyl (C=O) groups excluding carboxylic acids is 2. The van der Waals surface area contributed by atoms with E-state index < -0.39 is 17.1 Å². The Balaban J connectivity index is 1.17. The van der Waals surface area contributed by atoms with E-state index in [4.69, 9.17) is 9.47 Å². The highest BCUT2D eigenvalue weighted by Gasteiger charge is 2.79. The fourth-order valence-electron chi connectivity index (χ4n) is 11.1. The second kappa shape index (κ2) is 10.1. The van der Waals surface area contributed by atoms with Crippen molar-refractivity contribution in [2.75, 3.05) is 20.6 Å². The molecule has 0 bridgehead atoms. The molecule has 11 atom stereocenters. The normalized spacial score (nSPS) is 44.5. The maximum Gasteiger partial charge on any atom is 0.335 e. The monoisotopic (exact) mass is 588 g/mol. The smallest absolute Gasteiger partial charge is 0.335 e. The second-order valence-electron chi connectivity index (χ2n) is 15.4. The number of aliphatic hydroxyl groups is 1. The number of ketones is 1. The van der Waals surface area contributed by atoms with Crippen molar-refractivity contribution < 1.29 is 24.2 Å². The molecule has 0 amide bonds. The summed E-state index contributed by atoms with van der Waals surface area (Å²) in [5.74, 6) is 1.72. The summed E-state index contributed by atoms with van der Waals surface area (Å²) in [5, 5.41) is 11.6. The van der Waals surface area contributed by atoms with Crippen molar-refractivity contribution in [2.45, 2.75) is 96.6 Å². The lowest BCUT2D eigenvalue weighted by atomic mass is 9.48. The van der Waals surface area contributed by atoms with Crippen LogP contribution in [0.15, 0.2) is 41.6 Å². The SMILES string of the molecule is CC1=C(CN(C)C)C(=O)O[C@@H]([C@@H](C)[C@H]2CC[C@H]3[C@H]4CC[C@H]5O[C@]56[C@@H](O)C=C(c5ccccn5)C(=O)[C@]6(C)[C@H]4CC[C@]23C)C1.